The molecule has 11 heavy (non-hydrogen) atoms. The van der Waals surface area contributed by atoms with Crippen LogP contribution in [0.5, 0.6) is 0 Å². The minimum absolute atomic E-state index is 1.12. The van der Waals surface area contributed by atoms with Crippen molar-refractivity contribution in [1.82, 2.24) is 0 Å². The van der Waals surface area contributed by atoms with Crippen molar-refractivity contribution < 1.29 is 4.58 Å². The molecule has 1 aliphatic carbocycles. The van der Waals surface area contributed by atoms with Gasteiger partial charge in [0.25, 0.3) is 0 Å². The van der Waals surface area contributed by atoms with E-state index in [2.05, 4.69) is 36.1 Å². The fraction of sp³-hybridized carbons (Fsp3) is 0.400. The molecule has 2 rings (SSSR count). The number of allylic oxidation sites excluding steroid dienone is 2. The average Bonchev–Trinajstić information content (AvgIpc) is 2.06. The third-order valence-corrected chi connectivity index (χ3v) is 2.30. The summed E-state index contributed by atoms with van der Waals surface area (Å²) < 4.78 is 2.23. The first-order valence-electron chi connectivity index (χ1n) is 4.17. The van der Waals surface area contributed by atoms with E-state index in [-0.39, 0.29) is 0 Å². The Labute approximate surface area is 67.7 Å². The van der Waals surface area contributed by atoms with E-state index >= 15 is 0 Å². The molecule has 0 N–H and O–H groups in total. The highest BCUT2D eigenvalue weighted by Gasteiger charge is 2.18. The van der Waals surface area contributed by atoms with Crippen LogP contribution in [0.4, 0.5) is 0 Å². The standard InChI is InChI=1S/C10H13N/c1-11-8-4-6-9-5-2-3-7-10(9)11/h3,5,7-8H,2,4,6H2,1H3. The molecule has 58 valence electrons. The van der Waals surface area contributed by atoms with Gasteiger partial charge in [0.1, 0.15) is 13.1 Å². The third kappa shape index (κ3) is 1.11. The third-order valence-electron chi connectivity index (χ3n) is 2.30. The predicted molar refractivity (Wildman–Crippen MR) is 46.6 cm³/mol. The summed E-state index contributed by atoms with van der Waals surface area (Å²) in [6.07, 6.45) is 12.6. The molecule has 0 amide bonds. The molecule has 1 nitrogen and oxygen atoms in total. The molecule has 2 aliphatic rings. The number of rotatable bonds is 0. The van der Waals surface area contributed by atoms with Gasteiger partial charge in [-0.2, -0.15) is 12.2 Å². The van der Waals surface area contributed by atoms with Gasteiger partial charge >= 0.3 is 0 Å². The van der Waals surface area contributed by atoms with Gasteiger partial charge in [0.15, 0.2) is 0 Å². The number of hydrogen-bond acceptors (Lipinski definition) is 0. The number of hydrogen-bond donors (Lipinski definition) is 0. The molecular formula is C10H13N. The van der Waals surface area contributed by atoms with Gasteiger partial charge < -0.3 is 0 Å². The minimum atomic E-state index is 1.12. The van der Waals surface area contributed by atoms with Crippen molar-refractivity contribution in [2.45, 2.75) is 19.3 Å². The van der Waals surface area contributed by atoms with Gasteiger partial charge in [-0.3, -0.25) is 4.58 Å². The molecule has 1 heterocycles. The molecule has 0 aromatic carbocycles. The van der Waals surface area contributed by atoms with Crippen LogP contribution in [-0.2, 0) is 0 Å². The molecule has 0 aromatic rings. The fourth-order valence-corrected chi connectivity index (χ4v) is 1.69. The SMILES string of the molecule is C[N+]1=CCCC2=CCC=C[C-]21. The van der Waals surface area contributed by atoms with E-state index < -0.39 is 0 Å². The van der Waals surface area contributed by atoms with Gasteiger partial charge in [-0.15, -0.1) is 0 Å². The first kappa shape index (κ1) is 6.71. The number of nitrogens with zero attached hydrogens (tertiary/aromatic N) is 1. The van der Waals surface area contributed by atoms with Crippen molar-refractivity contribution in [3.8, 4) is 0 Å². The predicted octanol–water partition coefficient (Wildman–Crippen LogP) is 1.91. The van der Waals surface area contributed by atoms with Crippen LogP contribution in [-0.4, -0.2) is 17.8 Å². The molecular weight excluding hydrogens is 134 g/mol. The lowest BCUT2D eigenvalue weighted by Crippen LogP contribution is -2.21. The zero-order valence-corrected chi connectivity index (χ0v) is 6.88. The van der Waals surface area contributed by atoms with E-state index in [4.69, 9.17) is 0 Å². The second kappa shape index (κ2) is 2.57. The smallest absolute Gasteiger partial charge is 0.121 e. The Morgan fingerprint density at radius 3 is 3.27 bits per heavy atom. The summed E-state index contributed by atoms with van der Waals surface area (Å²) in [6.45, 7) is 0. The second-order valence-electron chi connectivity index (χ2n) is 3.08. The summed E-state index contributed by atoms with van der Waals surface area (Å²) in [4.78, 5) is 0. The van der Waals surface area contributed by atoms with Crippen molar-refractivity contribution in [2.24, 2.45) is 0 Å². The Morgan fingerprint density at radius 2 is 2.45 bits per heavy atom. The Bertz CT molecular complexity index is 246. The van der Waals surface area contributed by atoms with Crippen molar-refractivity contribution in [2.75, 3.05) is 7.05 Å². The van der Waals surface area contributed by atoms with Crippen LogP contribution >= 0.6 is 0 Å². The summed E-state index contributed by atoms with van der Waals surface area (Å²) in [5.74, 6) is 0. The molecule has 0 aromatic heterocycles. The van der Waals surface area contributed by atoms with Gasteiger partial charge in [-0.05, 0) is 12.8 Å². The Balaban J connectivity index is 2.31. The zero-order chi connectivity index (χ0) is 7.68. The Hall–Kier alpha value is -0.980. The van der Waals surface area contributed by atoms with Gasteiger partial charge in [0.05, 0.1) is 6.21 Å². The van der Waals surface area contributed by atoms with E-state index in [1.54, 1.807) is 0 Å². The van der Waals surface area contributed by atoms with Crippen molar-refractivity contribution in [3.05, 3.63) is 29.8 Å². The van der Waals surface area contributed by atoms with Crippen LogP contribution in [0.2, 0.25) is 0 Å². The summed E-state index contributed by atoms with van der Waals surface area (Å²) >= 11 is 0. The summed E-state index contributed by atoms with van der Waals surface area (Å²) in [5, 5.41) is 0. The topological polar surface area (TPSA) is 3.01 Å². The molecule has 0 saturated carbocycles. The summed E-state index contributed by atoms with van der Waals surface area (Å²) in [7, 11) is 2.12. The Kier molecular flexibility index (Phi) is 1.57. The highest BCUT2D eigenvalue weighted by atomic mass is 15.0. The molecule has 0 atom stereocenters. The maximum Gasteiger partial charge on any atom is 0.121 e. The maximum absolute atomic E-state index is 2.33. The van der Waals surface area contributed by atoms with Crippen molar-refractivity contribution >= 4 is 6.21 Å². The number of fused-ring (bicyclic) bond motifs is 1. The van der Waals surface area contributed by atoms with E-state index in [0.717, 1.165) is 6.42 Å². The minimum Gasteiger partial charge on any atom is -0.285 e. The fourth-order valence-electron chi connectivity index (χ4n) is 1.69. The quantitative estimate of drug-likeness (QED) is 0.364. The van der Waals surface area contributed by atoms with Gasteiger partial charge in [0.2, 0.25) is 0 Å². The van der Waals surface area contributed by atoms with Crippen molar-refractivity contribution in [1.29, 1.82) is 0 Å². The van der Waals surface area contributed by atoms with Crippen LogP contribution in [0.25, 0.3) is 0 Å². The van der Waals surface area contributed by atoms with Crippen LogP contribution in [0.1, 0.15) is 19.3 Å². The lowest BCUT2D eigenvalue weighted by atomic mass is 9.94. The largest absolute Gasteiger partial charge is 0.285 e. The lowest BCUT2D eigenvalue weighted by molar-refractivity contribution is -0.468. The zero-order valence-electron chi connectivity index (χ0n) is 6.88. The molecule has 0 fully saturated rings. The second-order valence-corrected chi connectivity index (χ2v) is 3.08. The van der Waals surface area contributed by atoms with E-state index in [0.29, 0.717) is 0 Å². The lowest BCUT2D eigenvalue weighted by Gasteiger charge is -2.25. The number of likely N-dealkylation sites (N-methyl/N-ethyl adjacent to an activating group) is 1. The maximum atomic E-state index is 2.33. The van der Waals surface area contributed by atoms with Gasteiger partial charge in [0, 0.05) is 0 Å². The molecule has 0 unspecified atom stereocenters. The molecule has 0 saturated heterocycles. The molecule has 0 radical (unpaired) electrons. The van der Waals surface area contributed by atoms with Crippen LogP contribution in [0, 0.1) is 6.04 Å². The van der Waals surface area contributed by atoms with E-state index in [1.807, 2.05) is 0 Å². The summed E-state index contributed by atoms with van der Waals surface area (Å²) in [6, 6.07) is 1.39. The van der Waals surface area contributed by atoms with E-state index in [1.165, 1.54) is 24.5 Å². The monoisotopic (exact) mass is 147 g/mol. The molecule has 0 bridgehead atoms. The first-order chi connectivity index (χ1) is 5.38. The molecule has 0 spiro atoms. The average molecular weight is 147 g/mol. The first-order valence-corrected chi connectivity index (χ1v) is 4.17. The molecule has 1 heteroatoms. The van der Waals surface area contributed by atoms with Gasteiger partial charge in [-0.25, -0.2) is 0 Å². The van der Waals surface area contributed by atoms with Crippen LogP contribution in [0.15, 0.2) is 23.8 Å². The van der Waals surface area contributed by atoms with Crippen molar-refractivity contribution in [3.63, 3.8) is 0 Å². The Morgan fingerprint density at radius 1 is 1.55 bits per heavy atom. The highest BCUT2D eigenvalue weighted by molar-refractivity contribution is 5.56. The normalized spacial score (nSPS) is 22.5. The van der Waals surface area contributed by atoms with Crippen LogP contribution < -0.4 is 0 Å². The van der Waals surface area contributed by atoms with Gasteiger partial charge in [-0.1, -0.05) is 18.1 Å². The van der Waals surface area contributed by atoms with E-state index in [9.17, 15) is 0 Å². The van der Waals surface area contributed by atoms with Crippen LogP contribution in [0.3, 0.4) is 0 Å². The summed E-state index contributed by atoms with van der Waals surface area (Å²) in [5.41, 5.74) is 1.53. The highest BCUT2D eigenvalue weighted by Crippen LogP contribution is 2.27. The molecule has 1 aliphatic heterocycles.